The highest BCUT2D eigenvalue weighted by Crippen LogP contribution is 2.39. The van der Waals surface area contributed by atoms with Gasteiger partial charge in [0.15, 0.2) is 11.5 Å². The van der Waals surface area contributed by atoms with Crippen molar-refractivity contribution in [1.29, 1.82) is 0 Å². The third-order valence-electron chi connectivity index (χ3n) is 3.78. The van der Waals surface area contributed by atoms with E-state index in [2.05, 4.69) is 5.32 Å². The lowest BCUT2D eigenvalue weighted by atomic mass is 9.90. The topological polar surface area (TPSA) is 39.7 Å². The summed E-state index contributed by atoms with van der Waals surface area (Å²) in [5.41, 5.74) is 1.12. The molecule has 2 rings (SSSR count). The van der Waals surface area contributed by atoms with Gasteiger partial charge in [-0.05, 0) is 50.4 Å². The molecule has 1 heterocycles. The average Bonchev–Trinajstić information content (AvgIpc) is 2.47. The van der Waals surface area contributed by atoms with E-state index in [0.717, 1.165) is 42.3 Å². The Morgan fingerprint density at radius 2 is 1.63 bits per heavy atom. The second-order valence-electron chi connectivity index (χ2n) is 4.88. The quantitative estimate of drug-likeness (QED) is 0.886. The molecule has 0 atom stereocenters. The zero-order valence-corrected chi connectivity index (χ0v) is 12.0. The molecule has 1 aliphatic heterocycles. The van der Waals surface area contributed by atoms with Crippen LogP contribution in [0.3, 0.4) is 0 Å². The molecule has 19 heavy (non-hydrogen) atoms. The maximum absolute atomic E-state index is 5.53. The lowest BCUT2D eigenvalue weighted by Gasteiger charge is -2.24. The number of piperidine rings is 1. The summed E-state index contributed by atoms with van der Waals surface area (Å²) in [7, 11) is 5.05. The van der Waals surface area contributed by atoms with Crippen molar-refractivity contribution in [3.05, 3.63) is 17.7 Å². The van der Waals surface area contributed by atoms with Crippen LogP contribution in [0.15, 0.2) is 12.1 Å². The maximum atomic E-state index is 5.53. The lowest BCUT2D eigenvalue weighted by molar-refractivity contribution is 0.328. The molecule has 4 nitrogen and oxygen atoms in total. The van der Waals surface area contributed by atoms with Gasteiger partial charge in [-0.25, -0.2) is 0 Å². The van der Waals surface area contributed by atoms with Crippen LogP contribution in [0.4, 0.5) is 0 Å². The molecule has 1 fully saturated rings. The Labute approximate surface area is 115 Å². The highest BCUT2D eigenvalue weighted by Gasteiger charge is 2.21. The number of rotatable bonds is 5. The zero-order valence-electron chi connectivity index (χ0n) is 12.0. The Kier molecular flexibility index (Phi) is 4.91. The van der Waals surface area contributed by atoms with E-state index in [1.165, 1.54) is 12.8 Å². The molecular formula is C15H23NO3. The summed E-state index contributed by atoms with van der Waals surface area (Å²) in [6.45, 7) is 2.19. The lowest BCUT2D eigenvalue weighted by Crippen LogP contribution is -2.28. The van der Waals surface area contributed by atoms with Gasteiger partial charge in [-0.2, -0.15) is 0 Å². The molecule has 0 spiro atoms. The highest BCUT2D eigenvalue weighted by atomic mass is 16.5. The molecule has 106 valence electrons. The Morgan fingerprint density at radius 3 is 2.21 bits per heavy atom. The van der Waals surface area contributed by atoms with Crippen molar-refractivity contribution >= 4 is 0 Å². The Balaban J connectivity index is 2.28. The summed E-state index contributed by atoms with van der Waals surface area (Å²) in [6.07, 6.45) is 3.37. The fraction of sp³-hybridized carbons (Fsp3) is 0.600. The van der Waals surface area contributed by atoms with Crippen molar-refractivity contribution in [1.82, 2.24) is 5.32 Å². The van der Waals surface area contributed by atoms with Gasteiger partial charge in [-0.15, -0.1) is 0 Å². The zero-order chi connectivity index (χ0) is 13.7. The molecule has 1 aromatic carbocycles. The first kappa shape index (κ1) is 14.0. The maximum Gasteiger partial charge on any atom is 0.167 e. The van der Waals surface area contributed by atoms with E-state index in [1.54, 1.807) is 21.3 Å². The van der Waals surface area contributed by atoms with Gasteiger partial charge in [0.25, 0.3) is 0 Å². The van der Waals surface area contributed by atoms with Crippen molar-refractivity contribution in [3.63, 3.8) is 0 Å². The molecule has 0 aliphatic carbocycles. The number of nitrogens with one attached hydrogen (secondary N) is 1. The van der Waals surface area contributed by atoms with Gasteiger partial charge in [0.2, 0.25) is 0 Å². The summed E-state index contributed by atoms with van der Waals surface area (Å²) in [6, 6.07) is 3.85. The first-order chi connectivity index (χ1) is 9.30. The van der Waals surface area contributed by atoms with Crippen LogP contribution < -0.4 is 19.5 Å². The number of hydrogen-bond donors (Lipinski definition) is 1. The third-order valence-corrected chi connectivity index (χ3v) is 3.78. The molecule has 1 aromatic rings. The van der Waals surface area contributed by atoms with Crippen molar-refractivity contribution in [3.8, 4) is 17.2 Å². The van der Waals surface area contributed by atoms with Crippen LogP contribution in [0.2, 0.25) is 0 Å². The number of methoxy groups -OCH3 is 3. The summed E-state index contributed by atoms with van der Waals surface area (Å²) < 4.78 is 16.4. The van der Waals surface area contributed by atoms with E-state index < -0.39 is 0 Å². The second-order valence-corrected chi connectivity index (χ2v) is 4.88. The van der Waals surface area contributed by atoms with Crippen molar-refractivity contribution in [2.24, 2.45) is 5.92 Å². The van der Waals surface area contributed by atoms with E-state index >= 15 is 0 Å². The number of ether oxygens (including phenoxy) is 3. The minimum atomic E-state index is 0.677. The van der Waals surface area contributed by atoms with Crippen molar-refractivity contribution in [2.45, 2.75) is 19.3 Å². The molecule has 0 amide bonds. The minimum Gasteiger partial charge on any atom is -0.496 e. The van der Waals surface area contributed by atoms with Crippen LogP contribution in [-0.2, 0) is 6.42 Å². The fourth-order valence-electron chi connectivity index (χ4n) is 2.73. The first-order valence-corrected chi connectivity index (χ1v) is 6.78. The summed E-state index contributed by atoms with van der Waals surface area (Å²) >= 11 is 0. The summed E-state index contributed by atoms with van der Waals surface area (Å²) in [5, 5.41) is 3.39. The summed E-state index contributed by atoms with van der Waals surface area (Å²) in [5.74, 6) is 3.14. The monoisotopic (exact) mass is 265 g/mol. The minimum absolute atomic E-state index is 0.677. The fourth-order valence-corrected chi connectivity index (χ4v) is 2.73. The SMILES string of the molecule is COc1ccc(OC)c(OC)c1CC1CCNCC1. The smallest absolute Gasteiger partial charge is 0.167 e. The van der Waals surface area contributed by atoms with E-state index in [4.69, 9.17) is 14.2 Å². The molecule has 0 saturated carbocycles. The van der Waals surface area contributed by atoms with Crippen LogP contribution in [0.5, 0.6) is 17.2 Å². The Morgan fingerprint density at radius 1 is 1.00 bits per heavy atom. The van der Waals surface area contributed by atoms with Gasteiger partial charge in [0.05, 0.1) is 21.3 Å². The molecular weight excluding hydrogens is 242 g/mol. The molecule has 0 bridgehead atoms. The largest absolute Gasteiger partial charge is 0.496 e. The Hall–Kier alpha value is -1.42. The van der Waals surface area contributed by atoms with Gasteiger partial charge < -0.3 is 19.5 Å². The molecule has 0 aromatic heterocycles. The van der Waals surface area contributed by atoms with Crippen LogP contribution >= 0.6 is 0 Å². The second kappa shape index (κ2) is 6.66. The van der Waals surface area contributed by atoms with E-state index in [9.17, 15) is 0 Å². The number of hydrogen-bond acceptors (Lipinski definition) is 4. The molecule has 4 heteroatoms. The van der Waals surface area contributed by atoms with Gasteiger partial charge >= 0.3 is 0 Å². The van der Waals surface area contributed by atoms with E-state index in [0.29, 0.717) is 5.92 Å². The van der Waals surface area contributed by atoms with Crippen molar-refractivity contribution in [2.75, 3.05) is 34.4 Å². The molecule has 1 saturated heterocycles. The summed E-state index contributed by atoms with van der Waals surface area (Å²) in [4.78, 5) is 0. The van der Waals surface area contributed by atoms with Crippen LogP contribution in [0.25, 0.3) is 0 Å². The van der Waals surface area contributed by atoms with Crippen molar-refractivity contribution < 1.29 is 14.2 Å². The normalized spacial score (nSPS) is 16.2. The van der Waals surface area contributed by atoms with Crippen LogP contribution in [-0.4, -0.2) is 34.4 Å². The molecule has 1 N–H and O–H groups in total. The van der Waals surface area contributed by atoms with E-state index in [1.807, 2.05) is 12.1 Å². The molecule has 0 radical (unpaired) electrons. The van der Waals surface area contributed by atoms with Gasteiger partial charge in [0, 0.05) is 5.56 Å². The Bertz CT molecular complexity index is 414. The molecule has 1 aliphatic rings. The van der Waals surface area contributed by atoms with Gasteiger partial charge in [0.1, 0.15) is 5.75 Å². The predicted octanol–water partition coefficient (Wildman–Crippen LogP) is 2.25. The predicted molar refractivity (Wildman–Crippen MR) is 75.4 cm³/mol. The van der Waals surface area contributed by atoms with E-state index in [-0.39, 0.29) is 0 Å². The molecule has 0 unspecified atom stereocenters. The average molecular weight is 265 g/mol. The highest BCUT2D eigenvalue weighted by molar-refractivity contribution is 5.54. The third kappa shape index (κ3) is 3.13. The van der Waals surface area contributed by atoms with Crippen LogP contribution in [0.1, 0.15) is 18.4 Å². The first-order valence-electron chi connectivity index (χ1n) is 6.78. The standard InChI is InChI=1S/C15H23NO3/c1-17-13-4-5-14(18-2)15(19-3)12(13)10-11-6-8-16-9-7-11/h4-5,11,16H,6-10H2,1-3H3. The van der Waals surface area contributed by atoms with Gasteiger partial charge in [-0.3, -0.25) is 0 Å². The van der Waals surface area contributed by atoms with Gasteiger partial charge in [-0.1, -0.05) is 0 Å². The number of benzene rings is 1. The van der Waals surface area contributed by atoms with Crippen LogP contribution in [0, 0.1) is 5.92 Å².